The van der Waals surface area contributed by atoms with Crippen LogP contribution in [0.25, 0.3) is 0 Å². The van der Waals surface area contributed by atoms with Gasteiger partial charge in [0.2, 0.25) is 0 Å². The van der Waals surface area contributed by atoms with E-state index in [1.54, 1.807) is 11.3 Å². The Morgan fingerprint density at radius 2 is 2.24 bits per heavy atom. The molecule has 2 N–H and O–H groups in total. The summed E-state index contributed by atoms with van der Waals surface area (Å²) in [7, 11) is 2.18. The van der Waals surface area contributed by atoms with Gasteiger partial charge in [-0.1, -0.05) is 32.1 Å². The van der Waals surface area contributed by atoms with Crippen molar-refractivity contribution in [2.24, 2.45) is 11.7 Å². The lowest BCUT2D eigenvalue weighted by Crippen LogP contribution is -2.23. The predicted molar refractivity (Wildman–Crippen MR) is 76.0 cm³/mol. The van der Waals surface area contributed by atoms with Gasteiger partial charge >= 0.3 is 0 Å². The lowest BCUT2D eigenvalue weighted by Gasteiger charge is -2.19. The van der Waals surface area contributed by atoms with Crippen molar-refractivity contribution < 1.29 is 0 Å². The molecule has 1 unspecified atom stereocenters. The Kier molecular flexibility index (Phi) is 6.28. The summed E-state index contributed by atoms with van der Waals surface area (Å²) in [6.07, 6.45) is 1.24. The van der Waals surface area contributed by atoms with Crippen LogP contribution in [0.3, 0.4) is 0 Å². The molecule has 0 spiro atoms. The number of hydrogen-bond donors (Lipinski definition) is 1. The van der Waals surface area contributed by atoms with Crippen molar-refractivity contribution in [2.75, 3.05) is 20.1 Å². The highest BCUT2D eigenvalue weighted by Crippen LogP contribution is 2.17. The molecule has 1 aromatic heterocycles. The molecule has 94 valence electrons. The van der Waals surface area contributed by atoms with E-state index < -0.39 is 0 Å². The third-order valence-corrected chi connectivity index (χ3v) is 3.71. The Bertz CT molecular complexity index is 386. The van der Waals surface area contributed by atoms with Gasteiger partial charge < -0.3 is 10.6 Å². The first-order valence-electron chi connectivity index (χ1n) is 6.11. The fraction of sp³-hybridized carbons (Fsp3) is 0.571. The van der Waals surface area contributed by atoms with Crippen LogP contribution in [-0.2, 0) is 6.54 Å². The number of rotatable bonds is 5. The minimum atomic E-state index is 0.432. The highest BCUT2D eigenvalue weighted by molar-refractivity contribution is 7.12. The van der Waals surface area contributed by atoms with E-state index in [9.17, 15) is 0 Å². The molecule has 0 aliphatic rings. The molecule has 1 heterocycles. The zero-order valence-electron chi connectivity index (χ0n) is 11.0. The van der Waals surface area contributed by atoms with Gasteiger partial charge in [-0.25, -0.2) is 0 Å². The zero-order valence-corrected chi connectivity index (χ0v) is 11.8. The maximum Gasteiger partial charge on any atom is 0.0772 e. The van der Waals surface area contributed by atoms with E-state index >= 15 is 0 Å². The van der Waals surface area contributed by atoms with Gasteiger partial charge in [0.25, 0.3) is 0 Å². The molecule has 2 nitrogen and oxygen atoms in total. The molecule has 0 amide bonds. The summed E-state index contributed by atoms with van der Waals surface area (Å²) < 4.78 is 0. The molecule has 1 aromatic rings. The van der Waals surface area contributed by atoms with E-state index in [-0.39, 0.29) is 0 Å². The molecular weight excluding hydrogens is 228 g/mol. The summed E-state index contributed by atoms with van der Waals surface area (Å²) in [5.41, 5.74) is 5.36. The number of nitrogens with zero attached hydrogens (tertiary/aromatic N) is 1. The standard InChI is InChI=1S/C14H22N2S/c1-4-12(2)10-16(3)11-14-8-7-13(17-14)6-5-9-15/h7-8,12H,4,9-11,15H2,1-3H3. The first-order valence-corrected chi connectivity index (χ1v) is 6.93. The van der Waals surface area contributed by atoms with Gasteiger partial charge in [-0.3, -0.25) is 0 Å². The van der Waals surface area contributed by atoms with Gasteiger partial charge in [-0.15, -0.1) is 11.3 Å². The highest BCUT2D eigenvalue weighted by atomic mass is 32.1. The van der Waals surface area contributed by atoms with Crippen molar-refractivity contribution in [3.8, 4) is 11.8 Å². The molecule has 0 aromatic carbocycles. The van der Waals surface area contributed by atoms with Crippen LogP contribution in [0.2, 0.25) is 0 Å². The van der Waals surface area contributed by atoms with Crippen molar-refractivity contribution >= 4 is 11.3 Å². The van der Waals surface area contributed by atoms with Crippen LogP contribution in [0.4, 0.5) is 0 Å². The van der Waals surface area contributed by atoms with Crippen molar-refractivity contribution in [3.63, 3.8) is 0 Å². The SMILES string of the molecule is CCC(C)CN(C)Cc1ccc(C#CCN)s1. The molecule has 0 saturated carbocycles. The van der Waals surface area contributed by atoms with Gasteiger partial charge in [-0.05, 0) is 25.1 Å². The summed E-state index contributed by atoms with van der Waals surface area (Å²) in [5.74, 6) is 6.72. The van der Waals surface area contributed by atoms with Gasteiger partial charge in [0, 0.05) is 18.0 Å². The summed E-state index contributed by atoms with van der Waals surface area (Å²) in [6.45, 7) is 7.13. The Hall–Kier alpha value is -0.820. The largest absolute Gasteiger partial charge is 0.320 e. The Labute approximate surface area is 109 Å². The van der Waals surface area contributed by atoms with Crippen molar-refractivity contribution in [3.05, 3.63) is 21.9 Å². The summed E-state index contributed by atoms with van der Waals surface area (Å²) in [4.78, 5) is 4.86. The normalized spacial score (nSPS) is 12.3. The number of hydrogen-bond acceptors (Lipinski definition) is 3. The molecule has 0 bridgehead atoms. The summed E-state index contributed by atoms with van der Waals surface area (Å²) in [5, 5.41) is 0. The second-order valence-electron chi connectivity index (χ2n) is 4.48. The van der Waals surface area contributed by atoms with Crippen LogP contribution >= 0.6 is 11.3 Å². The molecule has 1 atom stereocenters. The Morgan fingerprint density at radius 3 is 2.88 bits per heavy atom. The number of thiophene rings is 1. The van der Waals surface area contributed by atoms with Crippen LogP contribution < -0.4 is 5.73 Å². The minimum Gasteiger partial charge on any atom is -0.320 e. The maximum absolute atomic E-state index is 5.36. The van der Waals surface area contributed by atoms with E-state index in [1.165, 1.54) is 11.3 Å². The van der Waals surface area contributed by atoms with Crippen LogP contribution in [0, 0.1) is 17.8 Å². The predicted octanol–water partition coefficient (Wildman–Crippen LogP) is 2.54. The molecular formula is C14H22N2S. The molecule has 1 rings (SSSR count). The van der Waals surface area contributed by atoms with Gasteiger partial charge in [0.1, 0.15) is 0 Å². The second kappa shape index (κ2) is 7.50. The van der Waals surface area contributed by atoms with Crippen molar-refractivity contribution in [1.29, 1.82) is 0 Å². The van der Waals surface area contributed by atoms with Gasteiger partial charge in [0.15, 0.2) is 0 Å². The molecule has 17 heavy (non-hydrogen) atoms. The molecule has 3 heteroatoms. The Balaban J connectivity index is 2.48. The second-order valence-corrected chi connectivity index (χ2v) is 5.65. The van der Waals surface area contributed by atoms with Crippen molar-refractivity contribution in [1.82, 2.24) is 4.90 Å². The molecule has 0 aliphatic carbocycles. The summed E-state index contributed by atoms with van der Waals surface area (Å²) >= 11 is 1.77. The van der Waals surface area contributed by atoms with Crippen LogP contribution in [0.1, 0.15) is 30.0 Å². The third kappa shape index (κ3) is 5.36. The molecule has 0 saturated heterocycles. The fourth-order valence-corrected chi connectivity index (χ4v) is 2.62. The first kappa shape index (κ1) is 14.2. The fourth-order valence-electron chi connectivity index (χ4n) is 1.66. The highest BCUT2D eigenvalue weighted by Gasteiger charge is 2.06. The smallest absolute Gasteiger partial charge is 0.0772 e. The topological polar surface area (TPSA) is 29.3 Å². The van der Waals surface area contributed by atoms with E-state index in [0.29, 0.717) is 6.54 Å². The third-order valence-electron chi connectivity index (χ3n) is 2.72. The maximum atomic E-state index is 5.36. The molecule has 0 aliphatic heterocycles. The first-order chi connectivity index (χ1) is 8.15. The van der Waals surface area contributed by atoms with Crippen LogP contribution in [0.5, 0.6) is 0 Å². The van der Waals surface area contributed by atoms with E-state index in [0.717, 1.165) is 23.9 Å². The Morgan fingerprint density at radius 1 is 1.47 bits per heavy atom. The average Bonchev–Trinajstić information content (AvgIpc) is 2.73. The average molecular weight is 250 g/mol. The number of nitrogens with two attached hydrogens (primary N) is 1. The van der Waals surface area contributed by atoms with Crippen LogP contribution in [0.15, 0.2) is 12.1 Å². The molecule has 0 fully saturated rings. The van der Waals surface area contributed by atoms with Gasteiger partial charge in [0.05, 0.1) is 11.4 Å². The van der Waals surface area contributed by atoms with Gasteiger partial charge in [-0.2, -0.15) is 0 Å². The van der Waals surface area contributed by atoms with Crippen LogP contribution in [-0.4, -0.2) is 25.0 Å². The summed E-state index contributed by atoms with van der Waals surface area (Å²) in [6, 6.07) is 4.25. The quantitative estimate of drug-likeness (QED) is 0.814. The lowest BCUT2D eigenvalue weighted by atomic mass is 10.1. The van der Waals surface area contributed by atoms with E-state index in [2.05, 4.69) is 49.8 Å². The lowest BCUT2D eigenvalue weighted by molar-refractivity contribution is 0.277. The molecule has 0 radical (unpaired) electrons. The zero-order chi connectivity index (χ0) is 12.7. The van der Waals surface area contributed by atoms with Crippen molar-refractivity contribution in [2.45, 2.75) is 26.8 Å². The monoisotopic (exact) mass is 250 g/mol. The van der Waals surface area contributed by atoms with E-state index in [4.69, 9.17) is 5.73 Å². The van der Waals surface area contributed by atoms with E-state index in [1.807, 2.05) is 0 Å². The minimum absolute atomic E-state index is 0.432.